The van der Waals surface area contributed by atoms with Gasteiger partial charge in [-0.3, -0.25) is 0 Å². The highest BCUT2D eigenvalue weighted by Gasteiger charge is 2.39. The standard InChI is InChI=1S/C12H24N2O2S/c13-10-12(8-4-5-9-12)14-17(15,16)11-6-2-1-3-7-11/h11,14H,1-10,13H2. The molecule has 2 aliphatic carbocycles. The molecule has 0 aromatic heterocycles. The molecule has 0 bridgehead atoms. The fraction of sp³-hybridized carbons (Fsp3) is 1.00. The van der Waals surface area contributed by atoms with Gasteiger partial charge >= 0.3 is 0 Å². The zero-order valence-electron chi connectivity index (χ0n) is 10.5. The van der Waals surface area contributed by atoms with Crippen LogP contribution in [0.3, 0.4) is 0 Å². The van der Waals surface area contributed by atoms with Crippen LogP contribution in [0.4, 0.5) is 0 Å². The molecule has 0 radical (unpaired) electrons. The molecular weight excluding hydrogens is 236 g/mol. The Morgan fingerprint density at radius 3 is 2.18 bits per heavy atom. The third-order valence-corrected chi connectivity index (χ3v) is 6.37. The van der Waals surface area contributed by atoms with E-state index >= 15 is 0 Å². The van der Waals surface area contributed by atoms with E-state index in [0.717, 1.165) is 51.4 Å². The van der Waals surface area contributed by atoms with Crippen LogP contribution in [-0.4, -0.2) is 25.8 Å². The van der Waals surface area contributed by atoms with Gasteiger partial charge in [0, 0.05) is 12.1 Å². The maximum atomic E-state index is 12.3. The van der Waals surface area contributed by atoms with Gasteiger partial charge in [-0.25, -0.2) is 13.1 Å². The van der Waals surface area contributed by atoms with Gasteiger partial charge in [-0.2, -0.15) is 0 Å². The molecule has 3 N–H and O–H groups in total. The van der Waals surface area contributed by atoms with Crippen molar-refractivity contribution >= 4 is 10.0 Å². The van der Waals surface area contributed by atoms with Crippen LogP contribution >= 0.6 is 0 Å². The van der Waals surface area contributed by atoms with Gasteiger partial charge in [0.05, 0.1) is 5.25 Å². The average molecular weight is 260 g/mol. The van der Waals surface area contributed by atoms with Crippen molar-refractivity contribution in [3.8, 4) is 0 Å². The summed E-state index contributed by atoms with van der Waals surface area (Å²) in [6, 6.07) is 0. The van der Waals surface area contributed by atoms with Crippen LogP contribution in [-0.2, 0) is 10.0 Å². The molecule has 0 unspecified atom stereocenters. The first-order valence-electron chi connectivity index (χ1n) is 6.81. The maximum Gasteiger partial charge on any atom is 0.215 e. The summed E-state index contributed by atoms with van der Waals surface area (Å²) < 4.78 is 27.6. The quantitative estimate of drug-likeness (QED) is 0.805. The Kier molecular flexibility index (Phi) is 4.10. The molecule has 2 fully saturated rings. The minimum atomic E-state index is -3.17. The van der Waals surface area contributed by atoms with E-state index in [1.807, 2.05) is 0 Å². The minimum absolute atomic E-state index is 0.180. The summed E-state index contributed by atoms with van der Waals surface area (Å²) in [6.45, 7) is 0.430. The number of nitrogens with one attached hydrogen (secondary N) is 1. The van der Waals surface area contributed by atoms with E-state index in [0.29, 0.717) is 6.54 Å². The van der Waals surface area contributed by atoms with Crippen molar-refractivity contribution in [1.82, 2.24) is 4.72 Å². The molecule has 0 atom stereocenters. The van der Waals surface area contributed by atoms with Crippen molar-refractivity contribution in [2.75, 3.05) is 6.54 Å². The Balaban J connectivity index is 2.05. The summed E-state index contributed by atoms with van der Waals surface area (Å²) in [4.78, 5) is 0. The topological polar surface area (TPSA) is 72.2 Å². The monoisotopic (exact) mass is 260 g/mol. The van der Waals surface area contributed by atoms with Crippen LogP contribution in [0.5, 0.6) is 0 Å². The third-order valence-electron chi connectivity index (χ3n) is 4.30. The molecule has 100 valence electrons. The number of nitrogens with two attached hydrogens (primary N) is 1. The molecule has 0 aliphatic heterocycles. The largest absolute Gasteiger partial charge is 0.329 e. The highest BCUT2D eigenvalue weighted by molar-refractivity contribution is 7.90. The Morgan fingerprint density at radius 2 is 1.65 bits per heavy atom. The van der Waals surface area contributed by atoms with Gasteiger partial charge in [0.25, 0.3) is 0 Å². The fourth-order valence-corrected chi connectivity index (χ4v) is 5.17. The lowest BCUT2D eigenvalue weighted by atomic mass is 10.00. The van der Waals surface area contributed by atoms with Crippen LogP contribution in [0.1, 0.15) is 57.8 Å². The minimum Gasteiger partial charge on any atom is -0.329 e. The lowest BCUT2D eigenvalue weighted by Crippen LogP contribution is -2.54. The summed E-state index contributed by atoms with van der Waals surface area (Å²) in [5, 5.41) is -0.180. The molecule has 2 aliphatic rings. The highest BCUT2D eigenvalue weighted by atomic mass is 32.2. The molecule has 0 spiro atoms. The zero-order chi connectivity index (χ0) is 12.4. The first-order valence-corrected chi connectivity index (χ1v) is 8.35. The van der Waals surface area contributed by atoms with Gasteiger partial charge in [-0.15, -0.1) is 0 Å². The van der Waals surface area contributed by atoms with E-state index in [-0.39, 0.29) is 10.8 Å². The Morgan fingerprint density at radius 1 is 1.06 bits per heavy atom. The second kappa shape index (κ2) is 5.24. The number of hydrogen-bond donors (Lipinski definition) is 2. The summed E-state index contributed by atoms with van der Waals surface area (Å²) in [6.07, 6.45) is 8.86. The Hall–Kier alpha value is -0.130. The van der Waals surface area contributed by atoms with Gasteiger partial charge in [-0.05, 0) is 25.7 Å². The van der Waals surface area contributed by atoms with Crippen molar-refractivity contribution in [3.63, 3.8) is 0 Å². The number of hydrogen-bond acceptors (Lipinski definition) is 3. The molecule has 4 nitrogen and oxygen atoms in total. The normalized spacial score (nSPS) is 26.2. The van der Waals surface area contributed by atoms with Crippen LogP contribution in [0.15, 0.2) is 0 Å². The molecule has 0 heterocycles. The highest BCUT2D eigenvalue weighted by Crippen LogP contribution is 2.31. The van der Waals surface area contributed by atoms with E-state index in [1.54, 1.807) is 0 Å². The molecule has 5 heteroatoms. The van der Waals surface area contributed by atoms with E-state index in [4.69, 9.17) is 5.73 Å². The first-order chi connectivity index (χ1) is 8.08. The predicted molar refractivity (Wildman–Crippen MR) is 69.2 cm³/mol. The van der Waals surface area contributed by atoms with Crippen LogP contribution in [0, 0.1) is 0 Å². The molecule has 17 heavy (non-hydrogen) atoms. The fourth-order valence-electron chi connectivity index (χ4n) is 3.16. The van der Waals surface area contributed by atoms with Gasteiger partial charge in [-0.1, -0.05) is 32.1 Å². The predicted octanol–water partition coefficient (Wildman–Crippen LogP) is 1.51. The van der Waals surface area contributed by atoms with E-state index in [2.05, 4.69) is 4.72 Å². The van der Waals surface area contributed by atoms with E-state index in [9.17, 15) is 8.42 Å². The summed E-state index contributed by atoms with van der Waals surface area (Å²) >= 11 is 0. The molecular formula is C12H24N2O2S. The molecule has 2 saturated carbocycles. The molecule has 0 saturated heterocycles. The number of sulfonamides is 1. The van der Waals surface area contributed by atoms with Gasteiger partial charge in [0.2, 0.25) is 10.0 Å². The van der Waals surface area contributed by atoms with Crippen molar-refractivity contribution in [2.24, 2.45) is 5.73 Å². The summed E-state index contributed by atoms with van der Waals surface area (Å²) in [5.74, 6) is 0. The second-order valence-electron chi connectivity index (χ2n) is 5.60. The lowest BCUT2D eigenvalue weighted by Gasteiger charge is -2.32. The molecule has 0 aromatic carbocycles. The SMILES string of the molecule is NCC1(NS(=O)(=O)C2CCCCC2)CCCC1. The average Bonchev–Trinajstić information content (AvgIpc) is 2.79. The summed E-state index contributed by atoms with van der Waals surface area (Å²) in [7, 11) is -3.17. The van der Waals surface area contributed by atoms with Gasteiger partial charge in [0.15, 0.2) is 0 Å². The van der Waals surface area contributed by atoms with Crippen LogP contribution in [0.2, 0.25) is 0 Å². The van der Waals surface area contributed by atoms with Crippen molar-refractivity contribution in [1.29, 1.82) is 0 Å². The molecule has 0 aromatic rings. The van der Waals surface area contributed by atoms with Gasteiger partial charge < -0.3 is 5.73 Å². The third kappa shape index (κ3) is 3.01. The first kappa shape index (κ1) is 13.3. The zero-order valence-corrected chi connectivity index (χ0v) is 11.3. The Labute approximate surface area is 104 Å². The van der Waals surface area contributed by atoms with Crippen LogP contribution in [0.25, 0.3) is 0 Å². The van der Waals surface area contributed by atoms with E-state index in [1.165, 1.54) is 6.42 Å². The maximum absolute atomic E-state index is 12.3. The Bertz CT molecular complexity index is 342. The molecule has 0 amide bonds. The smallest absolute Gasteiger partial charge is 0.215 e. The number of rotatable bonds is 4. The molecule has 2 rings (SSSR count). The van der Waals surface area contributed by atoms with Crippen molar-refractivity contribution in [3.05, 3.63) is 0 Å². The van der Waals surface area contributed by atoms with Crippen molar-refractivity contribution < 1.29 is 8.42 Å². The lowest BCUT2D eigenvalue weighted by molar-refractivity contribution is 0.389. The van der Waals surface area contributed by atoms with Crippen molar-refractivity contribution in [2.45, 2.75) is 68.6 Å². The van der Waals surface area contributed by atoms with Crippen LogP contribution < -0.4 is 10.5 Å². The van der Waals surface area contributed by atoms with Gasteiger partial charge in [0.1, 0.15) is 0 Å². The van der Waals surface area contributed by atoms with E-state index < -0.39 is 10.0 Å². The second-order valence-corrected chi connectivity index (χ2v) is 7.56. The summed E-state index contributed by atoms with van der Waals surface area (Å²) in [5.41, 5.74) is 5.44.